The highest BCUT2D eigenvalue weighted by molar-refractivity contribution is 5.84. The molecule has 0 atom stereocenters. The van der Waals surface area contributed by atoms with Crippen LogP contribution in [0.25, 0.3) is 10.9 Å². The summed E-state index contributed by atoms with van der Waals surface area (Å²) in [7, 11) is 0. The fraction of sp³-hybridized carbons (Fsp3) is 0.0714. The Hall–Kier alpha value is -2.53. The Labute approximate surface area is 110 Å². The molecule has 0 aliphatic rings. The molecule has 2 N–H and O–H groups in total. The second-order valence-electron chi connectivity index (χ2n) is 4.01. The molecule has 2 heterocycles. The van der Waals surface area contributed by atoms with E-state index in [2.05, 4.69) is 15.0 Å². The van der Waals surface area contributed by atoms with Gasteiger partial charge in [-0.1, -0.05) is 18.2 Å². The summed E-state index contributed by atoms with van der Waals surface area (Å²) in [4.78, 5) is 12.5. The average Bonchev–Trinajstić information content (AvgIpc) is 2.48. The van der Waals surface area contributed by atoms with Gasteiger partial charge in [0, 0.05) is 36.1 Å². The molecule has 1 aromatic carbocycles. The first-order valence-electron chi connectivity index (χ1n) is 5.89. The van der Waals surface area contributed by atoms with Gasteiger partial charge in [-0.3, -0.25) is 4.98 Å². The van der Waals surface area contributed by atoms with Crippen LogP contribution in [0.1, 0.15) is 5.56 Å². The zero-order valence-electron chi connectivity index (χ0n) is 10.2. The number of para-hydroxylation sites is 1. The van der Waals surface area contributed by atoms with E-state index >= 15 is 0 Å². The van der Waals surface area contributed by atoms with Gasteiger partial charge < -0.3 is 10.5 Å². The van der Waals surface area contributed by atoms with Crippen molar-refractivity contribution in [3.8, 4) is 11.8 Å². The topological polar surface area (TPSA) is 73.9 Å². The van der Waals surface area contributed by atoms with Crippen LogP contribution in [-0.4, -0.2) is 15.0 Å². The van der Waals surface area contributed by atoms with Crippen molar-refractivity contribution < 1.29 is 4.74 Å². The molecular weight excluding hydrogens is 240 g/mol. The van der Waals surface area contributed by atoms with E-state index in [-0.39, 0.29) is 6.01 Å². The summed E-state index contributed by atoms with van der Waals surface area (Å²) in [5, 5.41) is 1.01. The molecule has 5 heteroatoms. The lowest BCUT2D eigenvalue weighted by molar-refractivity contribution is 0.445. The van der Waals surface area contributed by atoms with E-state index in [1.807, 2.05) is 30.3 Å². The number of rotatable bonds is 3. The number of nitrogens with two attached hydrogens (primary N) is 1. The van der Waals surface area contributed by atoms with Gasteiger partial charge in [0.25, 0.3) is 0 Å². The minimum Gasteiger partial charge on any atom is -0.422 e. The Kier molecular flexibility index (Phi) is 3.04. The molecule has 5 nitrogen and oxygen atoms in total. The fourth-order valence-corrected chi connectivity index (χ4v) is 1.76. The number of hydrogen-bond acceptors (Lipinski definition) is 5. The molecule has 0 aliphatic carbocycles. The molecule has 0 saturated carbocycles. The van der Waals surface area contributed by atoms with E-state index in [0.29, 0.717) is 12.3 Å². The van der Waals surface area contributed by atoms with Crippen LogP contribution in [-0.2, 0) is 6.54 Å². The Balaban J connectivity index is 1.96. The lowest BCUT2D eigenvalue weighted by Gasteiger charge is -2.06. The van der Waals surface area contributed by atoms with E-state index in [0.717, 1.165) is 16.5 Å². The zero-order chi connectivity index (χ0) is 13.1. The van der Waals surface area contributed by atoms with E-state index < -0.39 is 0 Å². The molecule has 94 valence electrons. The Morgan fingerprint density at radius 2 is 1.79 bits per heavy atom. The number of ether oxygens (including phenoxy) is 1. The Bertz CT molecular complexity index is 692. The summed E-state index contributed by atoms with van der Waals surface area (Å²) in [5.41, 5.74) is 7.15. The maximum atomic E-state index is 5.67. The van der Waals surface area contributed by atoms with Gasteiger partial charge in [0.15, 0.2) is 5.75 Å². The maximum absolute atomic E-state index is 5.67. The van der Waals surface area contributed by atoms with Gasteiger partial charge in [-0.15, -0.1) is 0 Å². The molecule has 3 rings (SSSR count). The largest absolute Gasteiger partial charge is 0.422 e. The third kappa shape index (κ3) is 2.36. The van der Waals surface area contributed by atoms with Gasteiger partial charge in [-0.2, -0.15) is 0 Å². The molecule has 3 aromatic rings. The highest BCUT2D eigenvalue weighted by Crippen LogP contribution is 2.26. The number of pyridine rings is 1. The van der Waals surface area contributed by atoms with Crippen LogP contribution < -0.4 is 10.5 Å². The molecule has 0 spiro atoms. The highest BCUT2D eigenvalue weighted by Gasteiger charge is 2.05. The normalized spacial score (nSPS) is 10.6. The summed E-state index contributed by atoms with van der Waals surface area (Å²) in [5.74, 6) is 0.638. The van der Waals surface area contributed by atoms with Crippen molar-refractivity contribution in [2.24, 2.45) is 5.73 Å². The van der Waals surface area contributed by atoms with Crippen molar-refractivity contribution in [3.05, 3.63) is 54.5 Å². The van der Waals surface area contributed by atoms with Crippen LogP contribution in [0.5, 0.6) is 11.8 Å². The summed E-state index contributed by atoms with van der Waals surface area (Å²) >= 11 is 0. The molecule has 0 radical (unpaired) electrons. The summed E-state index contributed by atoms with van der Waals surface area (Å²) in [6, 6.07) is 9.89. The van der Waals surface area contributed by atoms with Gasteiger partial charge in [0.2, 0.25) is 0 Å². The first kappa shape index (κ1) is 11.6. The number of benzene rings is 1. The monoisotopic (exact) mass is 252 g/mol. The number of nitrogens with zero attached hydrogens (tertiary/aromatic N) is 3. The van der Waals surface area contributed by atoms with Gasteiger partial charge in [0.1, 0.15) is 5.52 Å². The fourth-order valence-electron chi connectivity index (χ4n) is 1.76. The van der Waals surface area contributed by atoms with E-state index in [1.54, 1.807) is 18.6 Å². The van der Waals surface area contributed by atoms with E-state index in [1.165, 1.54) is 0 Å². The van der Waals surface area contributed by atoms with Crippen LogP contribution >= 0.6 is 0 Å². The molecule has 0 amide bonds. The van der Waals surface area contributed by atoms with Crippen LogP contribution in [0.3, 0.4) is 0 Å². The summed E-state index contributed by atoms with van der Waals surface area (Å²) < 4.78 is 5.67. The summed E-state index contributed by atoms with van der Waals surface area (Å²) in [6.45, 7) is 0.413. The van der Waals surface area contributed by atoms with E-state index in [9.17, 15) is 0 Å². The molecule has 19 heavy (non-hydrogen) atoms. The predicted molar refractivity (Wildman–Crippen MR) is 71.7 cm³/mol. The van der Waals surface area contributed by atoms with Crippen molar-refractivity contribution in [3.63, 3.8) is 0 Å². The first-order valence-corrected chi connectivity index (χ1v) is 5.89. The Morgan fingerprint density at radius 1 is 1.00 bits per heavy atom. The minimum absolute atomic E-state index is 0.287. The number of aromatic nitrogens is 3. The Morgan fingerprint density at radius 3 is 2.58 bits per heavy atom. The van der Waals surface area contributed by atoms with Gasteiger partial charge in [-0.05, 0) is 12.1 Å². The zero-order valence-corrected chi connectivity index (χ0v) is 10.2. The molecule has 0 unspecified atom stereocenters. The third-order valence-electron chi connectivity index (χ3n) is 2.71. The van der Waals surface area contributed by atoms with Gasteiger partial charge >= 0.3 is 6.01 Å². The van der Waals surface area contributed by atoms with Crippen molar-refractivity contribution in [2.45, 2.75) is 6.54 Å². The van der Waals surface area contributed by atoms with Crippen LogP contribution in [0.15, 0.2) is 48.9 Å². The first-order chi connectivity index (χ1) is 9.36. The molecular formula is C14H12N4O. The minimum atomic E-state index is 0.287. The van der Waals surface area contributed by atoms with Crippen molar-refractivity contribution in [2.75, 3.05) is 0 Å². The van der Waals surface area contributed by atoms with Crippen molar-refractivity contribution in [1.82, 2.24) is 15.0 Å². The smallest absolute Gasteiger partial charge is 0.321 e. The molecule has 2 aromatic heterocycles. The molecule has 0 fully saturated rings. The molecule has 0 aliphatic heterocycles. The summed E-state index contributed by atoms with van der Waals surface area (Å²) in [6.07, 6.45) is 5.04. The van der Waals surface area contributed by atoms with Gasteiger partial charge in [-0.25, -0.2) is 9.97 Å². The molecule has 0 bridgehead atoms. The second-order valence-corrected chi connectivity index (χ2v) is 4.01. The molecule has 0 saturated heterocycles. The van der Waals surface area contributed by atoms with Crippen LogP contribution in [0, 0.1) is 0 Å². The quantitative estimate of drug-likeness (QED) is 0.774. The standard InChI is InChI=1S/C14H12N4O/c15-7-10-8-17-14(18-9-10)19-12-5-1-3-11-4-2-6-16-13(11)12/h1-6,8-9H,7,15H2. The maximum Gasteiger partial charge on any atom is 0.321 e. The SMILES string of the molecule is NCc1cnc(Oc2cccc3cccnc23)nc1. The van der Waals surface area contributed by atoms with Gasteiger partial charge in [0.05, 0.1) is 0 Å². The third-order valence-corrected chi connectivity index (χ3v) is 2.71. The van der Waals surface area contributed by atoms with E-state index in [4.69, 9.17) is 10.5 Å². The highest BCUT2D eigenvalue weighted by atomic mass is 16.5. The van der Waals surface area contributed by atoms with Crippen LogP contribution in [0.4, 0.5) is 0 Å². The predicted octanol–water partition coefficient (Wildman–Crippen LogP) is 2.28. The number of hydrogen-bond donors (Lipinski definition) is 1. The lowest BCUT2D eigenvalue weighted by atomic mass is 10.2. The number of fused-ring (bicyclic) bond motifs is 1. The second kappa shape index (κ2) is 4.99. The van der Waals surface area contributed by atoms with Crippen molar-refractivity contribution >= 4 is 10.9 Å². The van der Waals surface area contributed by atoms with Crippen molar-refractivity contribution in [1.29, 1.82) is 0 Å². The van der Waals surface area contributed by atoms with Crippen LogP contribution in [0.2, 0.25) is 0 Å². The lowest BCUT2D eigenvalue weighted by Crippen LogP contribution is -1.99. The average molecular weight is 252 g/mol.